The van der Waals surface area contributed by atoms with Crippen molar-refractivity contribution in [3.63, 3.8) is 0 Å². The second-order valence-corrected chi connectivity index (χ2v) is 4.29. The van der Waals surface area contributed by atoms with Gasteiger partial charge in [0.05, 0.1) is 5.69 Å². The van der Waals surface area contributed by atoms with Crippen LogP contribution in [0, 0.1) is 13.8 Å². The predicted octanol–water partition coefficient (Wildman–Crippen LogP) is 2.84. The molecule has 0 atom stereocenters. The van der Waals surface area contributed by atoms with Crippen molar-refractivity contribution in [2.45, 2.75) is 13.8 Å². The van der Waals surface area contributed by atoms with E-state index in [0.717, 1.165) is 16.7 Å². The van der Waals surface area contributed by atoms with Gasteiger partial charge in [-0.15, -0.1) is 0 Å². The first-order valence-electron chi connectivity index (χ1n) is 5.45. The zero-order valence-electron chi connectivity index (χ0n) is 9.99. The smallest absolute Gasteiger partial charge is 0.146 e. The molecule has 0 radical (unpaired) electrons. The lowest BCUT2D eigenvalue weighted by molar-refractivity contribution is 0.479. The van der Waals surface area contributed by atoms with Crippen molar-refractivity contribution in [2.24, 2.45) is 0 Å². The van der Waals surface area contributed by atoms with Gasteiger partial charge in [0.2, 0.25) is 0 Å². The first kappa shape index (κ1) is 11.3. The molecule has 0 spiro atoms. The largest absolute Gasteiger partial charge is 0.505 e. The minimum absolute atomic E-state index is 0.0994. The van der Waals surface area contributed by atoms with Crippen LogP contribution in [0.25, 0.3) is 11.1 Å². The Kier molecular flexibility index (Phi) is 2.68. The van der Waals surface area contributed by atoms with E-state index in [4.69, 9.17) is 11.5 Å². The van der Waals surface area contributed by atoms with E-state index in [1.165, 1.54) is 0 Å². The molecular weight excluding hydrogens is 212 g/mol. The second kappa shape index (κ2) is 4.01. The summed E-state index contributed by atoms with van der Waals surface area (Å²) in [7, 11) is 0. The summed E-state index contributed by atoms with van der Waals surface area (Å²) in [5.74, 6) is 0.0994. The number of rotatable bonds is 1. The molecule has 0 aliphatic heterocycles. The molecule has 2 rings (SSSR count). The third-order valence-corrected chi connectivity index (χ3v) is 2.90. The van der Waals surface area contributed by atoms with E-state index in [0.29, 0.717) is 16.9 Å². The van der Waals surface area contributed by atoms with Gasteiger partial charge in [-0.05, 0) is 37.6 Å². The monoisotopic (exact) mass is 228 g/mol. The van der Waals surface area contributed by atoms with E-state index in [1.807, 2.05) is 38.1 Å². The molecule has 0 aromatic heterocycles. The molecule has 0 bridgehead atoms. The number of hydrogen-bond acceptors (Lipinski definition) is 3. The fourth-order valence-corrected chi connectivity index (χ4v) is 1.93. The predicted molar refractivity (Wildman–Crippen MR) is 71.8 cm³/mol. The molecule has 0 fully saturated rings. The Morgan fingerprint density at radius 1 is 0.941 bits per heavy atom. The van der Waals surface area contributed by atoms with Crippen molar-refractivity contribution in [2.75, 3.05) is 11.5 Å². The van der Waals surface area contributed by atoms with Gasteiger partial charge in [0.15, 0.2) is 0 Å². The van der Waals surface area contributed by atoms with Crippen molar-refractivity contribution in [3.8, 4) is 16.9 Å². The summed E-state index contributed by atoms with van der Waals surface area (Å²) < 4.78 is 0. The Balaban J connectivity index is 2.76. The molecular formula is C14H16N2O. The molecule has 0 amide bonds. The summed E-state index contributed by atoms with van der Waals surface area (Å²) in [5, 5.41) is 10.1. The lowest BCUT2D eigenvalue weighted by atomic mass is 9.96. The molecule has 0 saturated carbocycles. The zero-order chi connectivity index (χ0) is 12.6. The Hall–Kier alpha value is -2.16. The van der Waals surface area contributed by atoms with Crippen molar-refractivity contribution in [3.05, 3.63) is 41.5 Å². The lowest BCUT2D eigenvalue weighted by Gasteiger charge is -2.13. The molecule has 2 aromatic rings. The van der Waals surface area contributed by atoms with E-state index in [1.54, 1.807) is 6.07 Å². The molecule has 0 aliphatic rings. The highest BCUT2D eigenvalue weighted by molar-refractivity contribution is 5.86. The molecule has 0 unspecified atom stereocenters. The number of benzene rings is 2. The van der Waals surface area contributed by atoms with Gasteiger partial charge in [0.1, 0.15) is 5.75 Å². The Morgan fingerprint density at radius 2 is 1.59 bits per heavy atom. The first-order chi connectivity index (χ1) is 8.00. The lowest BCUT2D eigenvalue weighted by Crippen LogP contribution is -1.95. The number of hydrogen-bond donors (Lipinski definition) is 3. The molecule has 0 heterocycles. The number of phenols is 1. The van der Waals surface area contributed by atoms with Crippen LogP contribution in [-0.2, 0) is 0 Å². The Bertz CT molecular complexity index is 577. The highest BCUT2D eigenvalue weighted by atomic mass is 16.3. The number of phenolic OH excluding ortho intramolecular Hbond substituents is 1. The highest BCUT2D eigenvalue weighted by Gasteiger charge is 2.13. The van der Waals surface area contributed by atoms with Crippen LogP contribution in [-0.4, -0.2) is 5.11 Å². The van der Waals surface area contributed by atoms with E-state index in [-0.39, 0.29) is 5.75 Å². The third kappa shape index (κ3) is 1.91. The maximum absolute atomic E-state index is 10.1. The number of aryl methyl sites for hydroxylation is 2. The molecule has 2 aromatic carbocycles. The van der Waals surface area contributed by atoms with Gasteiger partial charge < -0.3 is 16.6 Å². The van der Waals surface area contributed by atoms with Gasteiger partial charge in [-0.3, -0.25) is 0 Å². The van der Waals surface area contributed by atoms with Crippen LogP contribution in [0.1, 0.15) is 11.1 Å². The van der Waals surface area contributed by atoms with E-state index in [9.17, 15) is 5.11 Å². The SMILES string of the molecule is Cc1ccc(N)c(-c2c(C)ccc(N)c2O)c1. The minimum Gasteiger partial charge on any atom is -0.505 e. The topological polar surface area (TPSA) is 72.3 Å². The summed E-state index contributed by atoms with van der Waals surface area (Å²) in [4.78, 5) is 0. The van der Waals surface area contributed by atoms with Crippen LogP contribution in [0.3, 0.4) is 0 Å². The molecule has 0 aliphatic carbocycles. The number of nitrogens with two attached hydrogens (primary N) is 2. The van der Waals surface area contributed by atoms with E-state index < -0.39 is 0 Å². The molecule has 3 heteroatoms. The second-order valence-electron chi connectivity index (χ2n) is 4.29. The Morgan fingerprint density at radius 3 is 2.29 bits per heavy atom. The number of nitrogen functional groups attached to an aromatic ring is 2. The summed E-state index contributed by atoms with van der Waals surface area (Å²) in [6, 6.07) is 9.31. The summed E-state index contributed by atoms with van der Waals surface area (Å²) in [5.41, 5.74) is 16.3. The van der Waals surface area contributed by atoms with E-state index in [2.05, 4.69) is 0 Å². The van der Waals surface area contributed by atoms with Crippen molar-refractivity contribution in [1.29, 1.82) is 0 Å². The maximum Gasteiger partial charge on any atom is 0.146 e. The van der Waals surface area contributed by atoms with Crippen LogP contribution < -0.4 is 11.5 Å². The van der Waals surface area contributed by atoms with Crippen molar-refractivity contribution < 1.29 is 5.11 Å². The molecule has 17 heavy (non-hydrogen) atoms. The summed E-state index contributed by atoms with van der Waals surface area (Å²) in [6.45, 7) is 3.91. The summed E-state index contributed by atoms with van der Waals surface area (Å²) in [6.07, 6.45) is 0. The quantitative estimate of drug-likeness (QED) is 0.519. The molecule has 0 saturated heterocycles. The summed E-state index contributed by atoms with van der Waals surface area (Å²) >= 11 is 0. The van der Waals surface area contributed by atoms with Gasteiger partial charge in [-0.25, -0.2) is 0 Å². The average molecular weight is 228 g/mol. The number of aromatic hydroxyl groups is 1. The fourth-order valence-electron chi connectivity index (χ4n) is 1.93. The Labute approximate surface area is 101 Å². The minimum atomic E-state index is 0.0994. The van der Waals surface area contributed by atoms with Crippen molar-refractivity contribution in [1.82, 2.24) is 0 Å². The fraction of sp³-hybridized carbons (Fsp3) is 0.143. The molecule has 3 nitrogen and oxygen atoms in total. The normalized spacial score (nSPS) is 10.5. The van der Waals surface area contributed by atoms with Gasteiger partial charge in [0.25, 0.3) is 0 Å². The van der Waals surface area contributed by atoms with Crippen LogP contribution in [0.4, 0.5) is 11.4 Å². The highest BCUT2D eigenvalue weighted by Crippen LogP contribution is 2.39. The molecule has 5 N–H and O–H groups in total. The average Bonchev–Trinajstić information content (AvgIpc) is 2.29. The van der Waals surface area contributed by atoms with Crippen LogP contribution in [0.2, 0.25) is 0 Å². The zero-order valence-corrected chi connectivity index (χ0v) is 9.99. The van der Waals surface area contributed by atoms with Crippen LogP contribution in [0.5, 0.6) is 5.75 Å². The standard InChI is InChI=1S/C14H16N2O/c1-8-3-5-11(15)10(7-8)13-9(2)4-6-12(16)14(13)17/h3-7,17H,15-16H2,1-2H3. The molecule has 88 valence electrons. The first-order valence-corrected chi connectivity index (χ1v) is 5.45. The van der Waals surface area contributed by atoms with Gasteiger partial charge in [-0.2, -0.15) is 0 Å². The third-order valence-electron chi connectivity index (χ3n) is 2.90. The van der Waals surface area contributed by atoms with Gasteiger partial charge in [0, 0.05) is 16.8 Å². The maximum atomic E-state index is 10.1. The van der Waals surface area contributed by atoms with Gasteiger partial charge in [-0.1, -0.05) is 17.7 Å². The van der Waals surface area contributed by atoms with E-state index >= 15 is 0 Å². The van der Waals surface area contributed by atoms with Crippen LogP contribution in [0.15, 0.2) is 30.3 Å². The van der Waals surface area contributed by atoms with Crippen LogP contribution >= 0.6 is 0 Å². The van der Waals surface area contributed by atoms with Crippen molar-refractivity contribution >= 4 is 11.4 Å². The number of anilines is 2. The van der Waals surface area contributed by atoms with Gasteiger partial charge >= 0.3 is 0 Å².